The second-order valence-corrected chi connectivity index (χ2v) is 6.33. The van der Waals surface area contributed by atoms with Crippen molar-refractivity contribution in [1.82, 2.24) is 5.32 Å². The van der Waals surface area contributed by atoms with E-state index in [4.69, 9.17) is 5.26 Å². The Kier molecular flexibility index (Phi) is 5.32. The molecule has 1 N–H and O–H groups in total. The lowest BCUT2D eigenvalue weighted by Crippen LogP contribution is -2.30. The van der Waals surface area contributed by atoms with Crippen LogP contribution < -0.4 is 5.32 Å². The van der Waals surface area contributed by atoms with E-state index in [1.165, 1.54) is 24.3 Å². The normalized spacial score (nSPS) is 12.9. The molecule has 0 aliphatic carbocycles. The van der Waals surface area contributed by atoms with Crippen molar-refractivity contribution in [1.29, 1.82) is 5.26 Å². The Hall–Kier alpha value is -1.38. The summed E-state index contributed by atoms with van der Waals surface area (Å²) in [5, 5.41) is 11.8. The van der Waals surface area contributed by atoms with Crippen LogP contribution in [0.5, 0.6) is 0 Å². The van der Waals surface area contributed by atoms with Gasteiger partial charge in [-0.15, -0.1) is 0 Å². The molecule has 1 aromatic carbocycles. The van der Waals surface area contributed by atoms with Crippen LogP contribution in [0.15, 0.2) is 29.2 Å². The van der Waals surface area contributed by atoms with Gasteiger partial charge in [-0.05, 0) is 37.6 Å². The fraction of sp³-hybridized carbons (Fsp3) is 0.462. The molecule has 18 heavy (non-hydrogen) atoms. The SMILES string of the molecule is CCC(C)NCCS(=O)(=O)c1ccc(C#N)cc1. The van der Waals surface area contributed by atoms with E-state index in [-0.39, 0.29) is 10.6 Å². The fourth-order valence-electron chi connectivity index (χ4n) is 1.44. The van der Waals surface area contributed by atoms with Crippen LogP contribution in [0.4, 0.5) is 0 Å². The molecule has 0 radical (unpaired) electrons. The van der Waals surface area contributed by atoms with E-state index < -0.39 is 9.84 Å². The van der Waals surface area contributed by atoms with Crippen LogP contribution in [0.2, 0.25) is 0 Å². The average molecular weight is 266 g/mol. The summed E-state index contributed by atoms with van der Waals surface area (Å²) in [4.78, 5) is 0.271. The lowest BCUT2D eigenvalue weighted by atomic mass is 10.2. The topological polar surface area (TPSA) is 70.0 Å². The Balaban J connectivity index is 2.66. The van der Waals surface area contributed by atoms with Crippen molar-refractivity contribution in [2.75, 3.05) is 12.3 Å². The number of nitriles is 1. The highest BCUT2D eigenvalue weighted by Crippen LogP contribution is 2.11. The summed E-state index contributed by atoms with van der Waals surface area (Å²) in [6.07, 6.45) is 0.969. The summed E-state index contributed by atoms with van der Waals surface area (Å²) in [6.45, 7) is 4.51. The van der Waals surface area contributed by atoms with Crippen molar-refractivity contribution >= 4 is 9.84 Å². The molecule has 1 unspecified atom stereocenters. The van der Waals surface area contributed by atoms with E-state index in [1.807, 2.05) is 19.9 Å². The lowest BCUT2D eigenvalue weighted by molar-refractivity contribution is 0.544. The third kappa shape index (κ3) is 4.13. The summed E-state index contributed by atoms with van der Waals surface area (Å²) >= 11 is 0. The highest BCUT2D eigenvalue weighted by molar-refractivity contribution is 7.91. The van der Waals surface area contributed by atoms with Gasteiger partial charge in [-0.1, -0.05) is 6.92 Å². The molecule has 98 valence electrons. The van der Waals surface area contributed by atoms with Crippen molar-refractivity contribution in [3.63, 3.8) is 0 Å². The molecule has 0 spiro atoms. The maximum atomic E-state index is 12.0. The predicted octanol–water partition coefficient (Wildman–Crippen LogP) is 1.72. The number of hydrogen-bond acceptors (Lipinski definition) is 4. The Morgan fingerprint density at radius 1 is 1.33 bits per heavy atom. The molecule has 1 rings (SSSR count). The Morgan fingerprint density at radius 2 is 1.94 bits per heavy atom. The second-order valence-electron chi connectivity index (χ2n) is 4.22. The van der Waals surface area contributed by atoms with Gasteiger partial charge in [0.1, 0.15) is 0 Å². The molecule has 4 nitrogen and oxygen atoms in total. The molecule has 0 saturated heterocycles. The quantitative estimate of drug-likeness (QED) is 0.851. The molecule has 0 heterocycles. The molecule has 0 amide bonds. The van der Waals surface area contributed by atoms with Gasteiger partial charge in [0.15, 0.2) is 9.84 Å². The van der Waals surface area contributed by atoms with Crippen LogP contribution in [0.1, 0.15) is 25.8 Å². The summed E-state index contributed by atoms with van der Waals surface area (Å²) < 4.78 is 24.0. The summed E-state index contributed by atoms with van der Waals surface area (Å²) in [6, 6.07) is 8.30. The average Bonchev–Trinajstić information content (AvgIpc) is 2.38. The van der Waals surface area contributed by atoms with Crippen molar-refractivity contribution < 1.29 is 8.42 Å². The first-order valence-corrected chi connectivity index (χ1v) is 7.61. The molecule has 1 aromatic rings. The molecular formula is C13H18N2O2S. The molecule has 0 saturated carbocycles. The van der Waals surface area contributed by atoms with Crippen LogP contribution in [-0.2, 0) is 9.84 Å². The molecule has 0 bridgehead atoms. The number of nitrogens with zero attached hydrogens (tertiary/aromatic N) is 1. The van der Waals surface area contributed by atoms with Gasteiger partial charge in [0.05, 0.1) is 22.3 Å². The van der Waals surface area contributed by atoms with Gasteiger partial charge in [-0.25, -0.2) is 8.42 Å². The van der Waals surface area contributed by atoms with E-state index >= 15 is 0 Å². The lowest BCUT2D eigenvalue weighted by Gasteiger charge is -2.11. The van der Waals surface area contributed by atoms with Gasteiger partial charge in [0, 0.05) is 12.6 Å². The smallest absolute Gasteiger partial charge is 0.179 e. The van der Waals surface area contributed by atoms with Crippen molar-refractivity contribution in [2.24, 2.45) is 0 Å². The van der Waals surface area contributed by atoms with E-state index in [0.29, 0.717) is 18.2 Å². The van der Waals surface area contributed by atoms with Crippen LogP contribution >= 0.6 is 0 Å². The molecule has 0 aromatic heterocycles. The first-order valence-electron chi connectivity index (χ1n) is 5.96. The van der Waals surface area contributed by atoms with Crippen molar-refractivity contribution in [3.05, 3.63) is 29.8 Å². The van der Waals surface area contributed by atoms with Gasteiger partial charge < -0.3 is 5.32 Å². The van der Waals surface area contributed by atoms with Gasteiger partial charge >= 0.3 is 0 Å². The van der Waals surface area contributed by atoms with Gasteiger partial charge in [0.25, 0.3) is 0 Å². The molecular weight excluding hydrogens is 248 g/mol. The van der Waals surface area contributed by atoms with Crippen LogP contribution in [0.3, 0.4) is 0 Å². The largest absolute Gasteiger partial charge is 0.313 e. The molecule has 0 aliphatic rings. The number of hydrogen-bond donors (Lipinski definition) is 1. The van der Waals surface area contributed by atoms with Crippen LogP contribution in [0, 0.1) is 11.3 Å². The highest BCUT2D eigenvalue weighted by atomic mass is 32.2. The van der Waals surface area contributed by atoms with E-state index in [1.54, 1.807) is 0 Å². The fourth-order valence-corrected chi connectivity index (χ4v) is 2.61. The maximum Gasteiger partial charge on any atom is 0.179 e. The minimum absolute atomic E-state index is 0.0727. The zero-order valence-electron chi connectivity index (χ0n) is 10.7. The predicted molar refractivity (Wildman–Crippen MR) is 71.0 cm³/mol. The Labute approximate surface area is 109 Å². The third-order valence-corrected chi connectivity index (χ3v) is 4.55. The third-order valence-electron chi connectivity index (χ3n) is 2.82. The van der Waals surface area contributed by atoms with E-state index in [9.17, 15) is 8.42 Å². The van der Waals surface area contributed by atoms with Crippen molar-refractivity contribution in [2.45, 2.75) is 31.2 Å². The van der Waals surface area contributed by atoms with E-state index in [0.717, 1.165) is 6.42 Å². The highest BCUT2D eigenvalue weighted by Gasteiger charge is 2.14. The summed E-state index contributed by atoms with van der Waals surface area (Å²) in [5.74, 6) is 0.0727. The summed E-state index contributed by atoms with van der Waals surface area (Å²) in [5.41, 5.74) is 0.465. The molecule has 1 atom stereocenters. The van der Waals surface area contributed by atoms with Gasteiger partial charge in [-0.3, -0.25) is 0 Å². The number of rotatable bonds is 6. The molecule has 0 aliphatic heterocycles. The zero-order chi connectivity index (χ0) is 13.6. The number of benzene rings is 1. The first-order chi connectivity index (χ1) is 8.49. The second kappa shape index (κ2) is 6.53. The zero-order valence-corrected chi connectivity index (χ0v) is 11.5. The van der Waals surface area contributed by atoms with Gasteiger partial charge in [-0.2, -0.15) is 5.26 Å². The monoisotopic (exact) mass is 266 g/mol. The maximum absolute atomic E-state index is 12.0. The number of sulfone groups is 1. The Bertz CT molecular complexity index is 515. The van der Waals surface area contributed by atoms with Crippen LogP contribution in [-0.4, -0.2) is 26.8 Å². The number of nitrogens with one attached hydrogen (secondary N) is 1. The summed E-state index contributed by atoms with van der Waals surface area (Å²) in [7, 11) is -3.26. The minimum Gasteiger partial charge on any atom is -0.313 e. The minimum atomic E-state index is -3.26. The standard InChI is InChI=1S/C13H18N2O2S/c1-3-11(2)15-8-9-18(16,17)13-6-4-12(10-14)5-7-13/h4-7,11,15H,3,8-9H2,1-2H3. The first kappa shape index (κ1) is 14.7. The molecule has 5 heteroatoms. The van der Waals surface area contributed by atoms with E-state index in [2.05, 4.69) is 5.32 Å². The van der Waals surface area contributed by atoms with Gasteiger partial charge in [0.2, 0.25) is 0 Å². The van der Waals surface area contributed by atoms with Crippen molar-refractivity contribution in [3.8, 4) is 6.07 Å². The van der Waals surface area contributed by atoms with Crippen LogP contribution in [0.25, 0.3) is 0 Å². The molecule has 0 fully saturated rings. The Morgan fingerprint density at radius 3 is 2.44 bits per heavy atom.